The van der Waals surface area contributed by atoms with Gasteiger partial charge in [0.05, 0.1) is 17.7 Å². The van der Waals surface area contributed by atoms with Crippen LogP contribution in [0.25, 0.3) is 11.3 Å². The summed E-state index contributed by atoms with van der Waals surface area (Å²) in [5.41, 5.74) is 0.982. The average Bonchev–Trinajstić information content (AvgIpc) is 2.86. The lowest BCUT2D eigenvalue weighted by Crippen LogP contribution is -1.94. The second-order valence-corrected chi connectivity index (χ2v) is 4.22. The largest absolute Gasteiger partial charge is 0.490 e. The van der Waals surface area contributed by atoms with Gasteiger partial charge in [-0.3, -0.25) is 14.9 Å². The first-order chi connectivity index (χ1) is 8.65. The van der Waals surface area contributed by atoms with E-state index in [-0.39, 0.29) is 11.4 Å². The van der Waals surface area contributed by atoms with Crippen molar-refractivity contribution in [3.05, 3.63) is 38.7 Å². The standard InChI is InChI=1S/C11H8N2O4S/c1-17-10-3-2-7(4-9(10)13(15)16)8-6-18-11(5-14)12-8/h2-6H,1H3. The lowest BCUT2D eigenvalue weighted by Gasteiger charge is -2.02. The summed E-state index contributed by atoms with van der Waals surface area (Å²) in [6.45, 7) is 0. The zero-order chi connectivity index (χ0) is 13.1. The molecule has 2 aromatic rings. The maximum absolute atomic E-state index is 10.9. The maximum Gasteiger partial charge on any atom is 0.311 e. The van der Waals surface area contributed by atoms with E-state index in [0.29, 0.717) is 22.6 Å². The quantitative estimate of drug-likeness (QED) is 0.481. The van der Waals surface area contributed by atoms with Crippen molar-refractivity contribution in [1.82, 2.24) is 4.98 Å². The minimum absolute atomic E-state index is 0.129. The molecule has 0 saturated heterocycles. The molecule has 0 spiro atoms. The number of carbonyl (C=O) groups is 1. The molecule has 0 radical (unpaired) electrons. The third-order valence-corrected chi connectivity index (χ3v) is 3.06. The third kappa shape index (κ3) is 2.21. The monoisotopic (exact) mass is 264 g/mol. The first-order valence-electron chi connectivity index (χ1n) is 4.89. The molecule has 0 fully saturated rings. The molecule has 0 aliphatic carbocycles. The molecule has 1 heterocycles. The number of thiazole rings is 1. The van der Waals surface area contributed by atoms with E-state index in [1.54, 1.807) is 11.4 Å². The number of nitro benzene ring substituents is 1. The van der Waals surface area contributed by atoms with Crippen molar-refractivity contribution in [3.63, 3.8) is 0 Å². The summed E-state index contributed by atoms with van der Waals surface area (Å²) in [4.78, 5) is 24.9. The van der Waals surface area contributed by atoms with Crippen LogP contribution in [0.5, 0.6) is 5.75 Å². The van der Waals surface area contributed by atoms with Crippen LogP contribution >= 0.6 is 11.3 Å². The van der Waals surface area contributed by atoms with Crippen molar-refractivity contribution >= 4 is 23.3 Å². The molecule has 0 aliphatic rings. The smallest absolute Gasteiger partial charge is 0.311 e. The van der Waals surface area contributed by atoms with E-state index < -0.39 is 4.92 Å². The van der Waals surface area contributed by atoms with Crippen LogP contribution in [0.3, 0.4) is 0 Å². The number of aldehydes is 1. The van der Waals surface area contributed by atoms with Crippen molar-refractivity contribution in [2.75, 3.05) is 7.11 Å². The van der Waals surface area contributed by atoms with Crippen molar-refractivity contribution in [2.24, 2.45) is 0 Å². The molecule has 0 unspecified atom stereocenters. The van der Waals surface area contributed by atoms with Gasteiger partial charge in [-0.2, -0.15) is 0 Å². The fourth-order valence-corrected chi connectivity index (χ4v) is 2.09. The van der Waals surface area contributed by atoms with Crippen molar-refractivity contribution in [3.8, 4) is 17.0 Å². The van der Waals surface area contributed by atoms with E-state index in [1.807, 2.05) is 0 Å². The van der Waals surface area contributed by atoms with Crippen molar-refractivity contribution < 1.29 is 14.5 Å². The maximum atomic E-state index is 10.9. The predicted octanol–water partition coefficient (Wildman–Crippen LogP) is 2.54. The number of methoxy groups -OCH3 is 1. The molecule has 1 aromatic carbocycles. The Morgan fingerprint density at radius 1 is 1.50 bits per heavy atom. The number of hydrogen-bond acceptors (Lipinski definition) is 6. The Morgan fingerprint density at radius 3 is 2.83 bits per heavy atom. The van der Waals surface area contributed by atoms with E-state index in [2.05, 4.69) is 4.98 Å². The minimum Gasteiger partial charge on any atom is -0.490 e. The summed E-state index contributed by atoms with van der Waals surface area (Å²) in [5.74, 6) is 0.189. The Bertz CT molecular complexity index is 609. The van der Waals surface area contributed by atoms with Crippen LogP contribution in [0, 0.1) is 10.1 Å². The van der Waals surface area contributed by atoms with Gasteiger partial charge in [0.15, 0.2) is 17.0 Å². The number of carbonyl (C=O) groups excluding carboxylic acids is 1. The van der Waals surface area contributed by atoms with Gasteiger partial charge in [0.1, 0.15) is 0 Å². The summed E-state index contributed by atoms with van der Waals surface area (Å²) in [6, 6.07) is 4.55. The topological polar surface area (TPSA) is 82.3 Å². The molecule has 6 nitrogen and oxygen atoms in total. The molecule has 0 atom stereocenters. The van der Waals surface area contributed by atoms with Crippen LogP contribution in [0.2, 0.25) is 0 Å². The lowest BCUT2D eigenvalue weighted by molar-refractivity contribution is -0.385. The van der Waals surface area contributed by atoms with Gasteiger partial charge in [0, 0.05) is 17.0 Å². The third-order valence-electron chi connectivity index (χ3n) is 2.29. The van der Waals surface area contributed by atoms with Gasteiger partial charge in [-0.15, -0.1) is 11.3 Å². The zero-order valence-corrected chi connectivity index (χ0v) is 10.1. The number of rotatable bonds is 4. The Hall–Kier alpha value is -2.28. The Morgan fingerprint density at radius 2 is 2.28 bits per heavy atom. The van der Waals surface area contributed by atoms with Gasteiger partial charge in [-0.05, 0) is 12.1 Å². The van der Waals surface area contributed by atoms with Crippen LogP contribution in [0.15, 0.2) is 23.6 Å². The van der Waals surface area contributed by atoms with Gasteiger partial charge in [0.2, 0.25) is 0 Å². The molecule has 0 aliphatic heterocycles. The van der Waals surface area contributed by atoms with Crippen molar-refractivity contribution in [2.45, 2.75) is 0 Å². The highest BCUT2D eigenvalue weighted by Gasteiger charge is 2.16. The van der Waals surface area contributed by atoms with Crippen LogP contribution in [-0.4, -0.2) is 23.3 Å². The van der Waals surface area contributed by atoms with Gasteiger partial charge in [0.25, 0.3) is 0 Å². The second kappa shape index (κ2) is 4.92. The first-order valence-corrected chi connectivity index (χ1v) is 5.77. The van der Waals surface area contributed by atoms with E-state index in [0.717, 1.165) is 0 Å². The normalized spacial score (nSPS) is 10.1. The Labute approximate surface area is 106 Å². The number of benzene rings is 1. The van der Waals surface area contributed by atoms with E-state index in [1.165, 1.54) is 30.6 Å². The highest BCUT2D eigenvalue weighted by Crippen LogP contribution is 2.32. The molecule has 2 rings (SSSR count). The number of nitrogens with zero attached hydrogens (tertiary/aromatic N) is 2. The molecular weight excluding hydrogens is 256 g/mol. The number of ether oxygens (including phenoxy) is 1. The molecular formula is C11H8N2O4S. The molecule has 7 heteroatoms. The zero-order valence-electron chi connectivity index (χ0n) is 9.32. The Balaban J connectivity index is 2.49. The molecule has 0 N–H and O–H groups in total. The Kier molecular flexibility index (Phi) is 3.33. The van der Waals surface area contributed by atoms with Gasteiger partial charge in [-0.1, -0.05) is 0 Å². The fourth-order valence-electron chi connectivity index (χ4n) is 1.47. The minimum atomic E-state index is -0.519. The highest BCUT2D eigenvalue weighted by molar-refractivity contribution is 7.11. The summed E-state index contributed by atoms with van der Waals surface area (Å²) < 4.78 is 4.91. The van der Waals surface area contributed by atoms with Crippen LogP contribution in [0.4, 0.5) is 5.69 Å². The molecule has 1 aromatic heterocycles. The second-order valence-electron chi connectivity index (χ2n) is 3.33. The predicted molar refractivity (Wildman–Crippen MR) is 66.1 cm³/mol. The van der Waals surface area contributed by atoms with Gasteiger partial charge in [-0.25, -0.2) is 4.98 Å². The fraction of sp³-hybridized carbons (Fsp3) is 0.0909. The van der Waals surface area contributed by atoms with Crippen LogP contribution in [0.1, 0.15) is 9.80 Å². The number of nitro groups is 1. The highest BCUT2D eigenvalue weighted by atomic mass is 32.1. The summed E-state index contributed by atoms with van der Waals surface area (Å²) in [7, 11) is 1.37. The lowest BCUT2D eigenvalue weighted by atomic mass is 10.1. The average molecular weight is 264 g/mol. The SMILES string of the molecule is COc1ccc(-c2csc(C=O)n2)cc1[N+](=O)[O-]. The molecule has 0 amide bonds. The van der Waals surface area contributed by atoms with Crippen LogP contribution < -0.4 is 4.74 Å². The molecule has 92 valence electrons. The van der Waals surface area contributed by atoms with E-state index in [4.69, 9.17) is 4.74 Å². The molecule has 18 heavy (non-hydrogen) atoms. The van der Waals surface area contributed by atoms with Gasteiger partial charge >= 0.3 is 5.69 Å². The summed E-state index contributed by atoms with van der Waals surface area (Å²) in [5, 5.41) is 12.9. The summed E-state index contributed by atoms with van der Waals surface area (Å²) >= 11 is 1.19. The van der Waals surface area contributed by atoms with E-state index in [9.17, 15) is 14.9 Å². The summed E-state index contributed by atoms with van der Waals surface area (Å²) in [6.07, 6.45) is 0.645. The molecule has 0 bridgehead atoms. The van der Waals surface area contributed by atoms with Gasteiger partial charge < -0.3 is 4.74 Å². The first kappa shape index (κ1) is 12.2. The molecule has 0 saturated carbocycles. The van der Waals surface area contributed by atoms with E-state index >= 15 is 0 Å². The number of aromatic nitrogens is 1. The van der Waals surface area contributed by atoms with Crippen molar-refractivity contribution in [1.29, 1.82) is 0 Å². The van der Waals surface area contributed by atoms with Crippen LogP contribution in [-0.2, 0) is 0 Å². The number of hydrogen-bond donors (Lipinski definition) is 0.